The van der Waals surface area contributed by atoms with Crippen molar-refractivity contribution in [1.82, 2.24) is 19.7 Å². The first-order valence-electron chi connectivity index (χ1n) is 8.42. The zero-order valence-corrected chi connectivity index (χ0v) is 16.3. The molecule has 0 spiro atoms. The minimum absolute atomic E-state index is 0. The number of hydrogen-bond acceptors (Lipinski definition) is 5. The van der Waals surface area contributed by atoms with Gasteiger partial charge >= 0.3 is 4.87 Å². The Morgan fingerprint density at radius 3 is 2.68 bits per heavy atom. The number of thiazole rings is 1. The van der Waals surface area contributed by atoms with E-state index >= 15 is 0 Å². The Bertz CT molecular complexity index is 702. The van der Waals surface area contributed by atoms with Gasteiger partial charge in [-0.1, -0.05) is 11.3 Å². The van der Waals surface area contributed by atoms with Crippen molar-refractivity contribution in [2.45, 2.75) is 39.3 Å². The van der Waals surface area contributed by atoms with Crippen LogP contribution < -0.4 is 10.2 Å². The molecule has 2 fully saturated rings. The summed E-state index contributed by atoms with van der Waals surface area (Å²) in [4.78, 5) is 41.3. The van der Waals surface area contributed by atoms with E-state index in [1.165, 1.54) is 11.3 Å². The minimum Gasteiger partial charge on any atom is -0.339 e. The molecule has 0 aromatic carbocycles. The van der Waals surface area contributed by atoms with Gasteiger partial charge in [-0.05, 0) is 26.7 Å². The van der Waals surface area contributed by atoms with Gasteiger partial charge in [0.1, 0.15) is 6.54 Å². The lowest BCUT2D eigenvalue weighted by Gasteiger charge is -2.41. The standard InChI is InChI=1S/C16H24N4O3S.ClH/c1-11-12(2)24-16(23)20(11)10-15(22)18-6-3-4-13(9-18)19-7-5-17-8-14(19)21;/h13,17H,3-10H2,1-2H3;1H. The largest absolute Gasteiger partial charge is 0.339 e. The summed E-state index contributed by atoms with van der Waals surface area (Å²) in [6, 6.07) is 0.0966. The first kappa shape index (κ1) is 19.9. The summed E-state index contributed by atoms with van der Waals surface area (Å²) in [5, 5.41) is 3.08. The van der Waals surface area contributed by atoms with Crippen LogP contribution in [0.1, 0.15) is 23.4 Å². The molecule has 2 amide bonds. The molecule has 1 N–H and O–H groups in total. The van der Waals surface area contributed by atoms with Crippen LogP contribution >= 0.6 is 23.7 Å². The van der Waals surface area contributed by atoms with Crippen molar-refractivity contribution in [1.29, 1.82) is 0 Å². The fourth-order valence-electron chi connectivity index (χ4n) is 3.45. The number of carbonyl (C=O) groups excluding carboxylic acids is 2. The van der Waals surface area contributed by atoms with Gasteiger partial charge in [0, 0.05) is 42.8 Å². The molecule has 0 saturated carbocycles. The van der Waals surface area contributed by atoms with Crippen LogP contribution in [0.5, 0.6) is 0 Å². The maximum absolute atomic E-state index is 12.6. The molecule has 2 aliphatic heterocycles. The molecule has 140 valence electrons. The normalized spacial score (nSPS) is 21.2. The van der Waals surface area contributed by atoms with E-state index in [9.17, 15) is 14.4 Å². The second-order valence-corrected chi connectivity index (χ2v) is 7.66. The van der Waals surface area contributed by atoms with Gasteiger partial charge in [-0.2, -0.15) is 0 Å². The molecule has 1 aromatic heterocycles. The number of aromatic nitrogens is 1. The predicted octanol–water partition coefficient (Wildman–Crippen LogP) is 0.371. The molecule has 1 atom stereocenters. The maximum Gasteiger partial charge on any atom is 0.308 e. The van der Waals surface area contributed by atoms with E-state index in [4.69, 9.17) is 0 Å². The van der Waals surface area contributed by atoms with Crippen molar-refractivity contribution in [3.8, 4) is 0 Å². The quantitative estimate of drug-likeness (QED) is 0.811. The van der Waals surface area contributed by atoms with E-state index in [-0.39, 0.29) is 41.7 Å². The number of rotatable bonds is 3. The van der Waals surface area contributed by atoms with E-state index in [0.717, 1.165) is 30.0 Å². The Morgan fingerprint density at radius 2 is 2.04 bits per heavy atom. The summed E-state index contributed by atoms with van der Waals surface area (Å²) >= 11 is 1.18. The smallest absolute Gasteiger partial charge is 0.308 e. The first-order chi connectivity index (χ1) is 11.5. The molecule has 7 nitrogen and oxygen atoms in total. The molecule has 25 heavy (non-hydrogen) atoms. The number of nitrogens with zero attached hydrogens (tertiary/aromatic N) is 3. The number of hydrogen-bond donors (Lipinski definition) is 1. The van der Waals surface area contributed by atoms with Crippen LogP contribution in [0.4, 0.5) is 0 Å². The Kier molecular flexibility index (Phi) is 6.65. The molecule has 0 bridgehead atoms. The van der Waals surface area contributed by atoms with Gasteiger partial charge in [-0.25, -0.2) is 0 Å². The lowest BCUT2D eigenvalue weighted by molar-refractivity contribution is -0.140. The van der Waals surface area contributed by atoms with Crippen LogP contribution in [0.25, 0.3) is 0 Å². The molecular weight excluding hydrogens is 364 g/mol. The van der Waals surface area contributed by atoms with Crippen molar-refractivity contribution in [3.05, 3.63) is 20.2 Å². The number of piperidine rings is 1. The second kappa shape index (κ2) is 8.33. The van der Waals surface area contributed by atoms with Gasteiger partial charge in [-0.3, -0.25) is 19.0 Å². The van der Waals surface area contributed by atoms with Gasteiger partial charge in [-0.15, -0.1) is 12.4 Å². The van der Waals surface area contributed by atoms with Gasteiger partial charge in [0.25, 0.3) is 0 Å². The Labute approximate surface area is 157 Å². The number of nitrogens with one attached hydrogen (secondary N) is 1. The van der Waals surface area contributed by atoms with Gasteiger partial charge in [0.15, 0.2) is 0 Å². The average molecular weight is 389 g/mol. The summed E-state index contributed by atoms with van der Waals surface area (Å²) in [6.45, 7) is 7.03. The zero-order valence-electron chi connectivity index (χ0n) is 14.6. The highest BCUT2D eigenvalue weighted by Gasteiger charge is 2.31. The summed E-state index contributed by atoms with van der Waals surface area (Å²) in [7, 11) is 0. The van der Waals surface area contributed by atoms with Crippen LogP contribution in [0.3, 0.4) is 0 Å². The highest BCUT2D eigenvalue weighted by atomic mass is 35.5. The van der Waals surface area contributed by atoms with Gasteiger partial charge in [0.05, 0.1) is 6.54 Å². The lowest BCUT2D eigenvalue weighted by Crippen LogP contribution is -2.57. The van der Waals surface area contributed by atoms with Crippen LogP contribution in [-0.4, -0.2) is 64.9 Å². The van der Waals surface area contributed by atoms with E-state index in [1.807, 2.05) is 23.6 Å². The highest BCUT2D eigenvalue weighted by molar-refractivity contribution is 7.09. The van der Waals surface area contributed by atoms with E-state index in [0.29, 0.717) is 26.2 Å². The molecule has 2 saturated heterocycles. The molecule has 0 radical (unpaired) electrons. The molecule has 3 heterocycles. The summed E-state index contributed by atoms with van der Waals surface area (Å²) in [5.41, 5.74) is 0.865. The second-order valence-electron chi connectivity index (χ2n) is 6.50. The number of amides is 2. The molecule has 1 aromatic rings. The molecule has 1 unspecified atom stereocenters. The van der Waals surface area contributed by atoms with Gasteiger partial charge < -0.3 is 15.1 Å². The Balaban J connectivity index is 0.00000225. The maximum atomic E-state index is 12.6. The fourth-order valence-corrected chi connectivity index (χ4v) is 4.28. The third-order valence-electron chi connectivity index (χ3n) is 4.98. The van der Waals surface area contributed by atoms with E-state index in [2.05, 4.69) is 5.32 Å². The topological polar surface area (TPSA) is 74.7 Å². The van der Waals surface area contributed by atoms with Crippen molar-refractivity contribution in [3.63, 3.8) is 0 Å². The lowest BCUT2D eigenvalue weighted by atomic mass is 10.0. The summed E-state index contributed by atoms with van der Waals surface area (Å²) in [6.07, 6.45) is 1.83. The highest BCUT2D eigenvalue weighted by Crippen LogP contribution is 2.18. The van der Waals surface area contributed by atoms with Crippen LogP contribution in [0.2, 0.25) is 0 Å². The van der Waals surface area contributed by atoms with Crippen molar-refractivity contribution in [2.24, 2.45) is 0 Å². The van der Waals surface area contributed by atoms with Gasteiger partial charge in [0.2, 0.25) is 11.8 Å². The third-order valence-corrected chi connectivity index (χ3v) is 5.98. The number of aryl methyl sites for hydroxylation is 1. The van der Waals surface area contributed by atoms with Crippen LogP contribution in [0, 0.1) is 13.8 Å². The Hall–Kier alpha value is -1.38. The fraction of sp³-hybridized carbons (Fsp3) is 0.688. The molecule has 2 aliphatic rings. The number of likely N-dealkylation sites (tertiary alicyclic amines) is 1. The molecule has 0 aliphatic carbocycles. The van der Waals surface area contributed by atoms with Crippen molar-refractivity contribution < 1.29 is 9.59 Å². The van der Waals surface area contributed by atoms with Crippen LogP contribution in [0.15, 0.2) is 4.79 Å². The predicted molar refractivity (Wildman–Crippen MR) is 99.5 cm³/mol. The zero-order chi connectivity index (χ0) is 17.3. The number of piperazine rings is 1. The molecule has 3 rings (SSSR count). The third kappa shape index (κ3) is 4.24. The van der Waals surface area contributed by atoms with Crippen LogP contribution in [-0.2, 0) is 16.1 Å². The van der Waals surface area contributed by atoms with E-state index < -0.39 is 0 Å². The summed E-state index contributed by atoms with van der Waals surface area (Å²) in [5.74, 6) is 0.0753. The van der Waals surface area contributed by atoms with Crippen molar-refractivity contribution in [2.75, 3.05) is 32.7 Å². The first-order valence-corrected chi connectivity index (χ1v) is 9.24. The number of halogens is 1. The summed E-state index contributed by atoms with van der Waals surface area (Å²) < 4.78 is 1.56. The minimum atomic E-state index is -0.0795. The SMILES string of the molecule is Cc1sc(=O)n(CC(=O)N2CCCC(N3CCNCC3=O)C2)c1C.Cl. The molecular formula is C16H25ClN4O3S. The Morgan fingerprint density at radius 1 is 1.28 bits per heavy atom. The number of carbonyl (C=O) groups is 2. The van der Waals surface area contributed by atoms with Crippen molar-refractivity contribution >= 4 is 35.6 Å². The average Bonchev–Trinajstić information content (AvgIpc) is 2.81. The monoisotopic (exact) mass is 388 g/mol. The molecule has 9 heteroatoms. The van der Waals surface area contributed by atoms with E-state index in [1.54, 1.807) is 4.57 Å².